The summed E-state index contributed by atoms with van der Waals surface area (Å²) in [5.74, 6) is 3.56. The lowest BCUT2D eigenvalue weighted by molar-refractivity contribution is -0.0728. The number of aromatic nitrogens is 1. The van der Waals surface area contributed by atoms with E-state index in [-0.39, 0.29) is 17.4 Å². The number of benzene rings is 1. The molecule has 5 nitrogen and oxygen atoms in total. The highest BCUT2D eigenvalue weighted by atomic mass is 16.5. The van der Waals surface area contributed by atoms with Gasteiger partial charge < -0.3 is 14.6 Å². The predicted octanol–water partition coefficient (Wildman–Crippen LogP) is 5.08. The summed E-state index contributed by atoms with van der Waals surface area (Å²) < 4.78 is 10.6. The third-order valence-electron chi connectivity index (χ3n) is 7.66. The minimum absolute atomic E-state index is 0.139. The van der Waals surface area contributed by atoms with Crippen LogP contribution in [-0.4, -0.2) is 24.2 Å². The van der Waals surface area contributed by atoms with E-state index >= 15 is 0 Å². The molecule has 4 aliphatic rings. The Morgan fingerprint density at radius 2 is 1.79 bits per heavy atom. The normalized spacial score (nSPS) is 30.9. The van der Waals surface area contributed by atoms with E-state index in [1.807, 2.05) is 24.3 Å². The molecule has 1 heterocycles. The van der Waals surface area contributed by atoms with E-state index in [0.717, 1.165) is 35.5 Å². The van der Waals surface area contributed by atoms with Crippen LogP contribution in [0, 0.1) is 23.2 Å². The van der Waals surface area contributed by atoms with Gasteiger partial charge in [-0.15, -0.1) is 0 Å². The van der Waals surface area contributed by atoms with Gasteiger partial charge in [-0.2, -0.15) is 0 Å². The van der Waals surface area contributed by atoms with E-state index in [4.69, 9.17) is 9.26 Å². The molecular weight excluding hydrogens is 364 g/mol. The Bertz CT molecular complexity index is 851. The molecule has 1 aromatic carbocycles. The molecule has 4 fully saturated rings. The standard InChI is InChI=1S/C24H30N2O3/c1-3-22(24-12-15-8-16(13-24)10-17(9-15)14-24)25-23(27)21-11-20(26-29-21)18-4-6-19(28-2)7-5-18/h4-7,11,15-17,22H,3,8-10,12-14H2,1-2H3,(H,25,27). The van der Waals surface area contributed by atoms with Crippen molar-refractivity contribution in [2.45, 2.75) is 57.9 Å². The number of amides is 1. The second-order valence-corrected chi connectivity index (χ2v) is 9.52. The SMILES string of the molecule is CCC(NC(=O)c1cc(-c2ccc(OC)cc2)no1)C12CC3CC(CC(C3)C1)C2. The fourth-order valence-corrected chi connectivity index (χ4v) is 6.80. The van der Waals surface area contributed by atoms with Crippen LogP contribution in [0.15, 0.2) is 34.9 Å². The molecule has 1 N–H and O–H groups in total. The van der Waals surface area contributed by atoms with Gasteiger partial charge >= 0.3 is 0 Å². The predicted molar refractivity (Wildman–Crippen MR) is 111 cm³/mol. The number of hydrogen-bond acceptors (Lipinski definition) is 4. The van der Waals surface area contributed by atoms with Gasteiger partial charge in [-0.05, 0) is 92.4 Å². The summed E-state index contributed by atoms with van der Waals surface area (Å²) in [4.78, 5) is 13.0. The molecule has 4 aliphatic carbocycles. The van der Waals surface area contributed by atoms with E-state index in [0.29, 0.717) is 11.5 Å². The van der Waals surface area contributed by atoms with Crippen molar-refractivity contribution in [3.8, 4) is 17.0 Å². The molecule has 0 radical (unpaired) electrons. The third-order valence-corrected chi connectivity index (χ3v) is 7.66. The first kappa shape index (κ1) is 18.7. The number of carbonyl (C=O) groups is 1. The van der Waals surface area contributed by atoms with Crippen LogP contribution in [-0.2, 0) is 0 Å². The highest BCUT2D eigenvalue weighted by Gasteiger charge is 2.54. The molecule has 4 saturated carbocycles. The Morgan fingerprint density at radius 3 is 2.34 bits per heavy atom. The average molecular weight is 395 g/mol. The Hall–Kier alpha value is -2.30. The van der Waals surface area contributed by atoms with Crippen molar-refractivity contribution in [3.05, 3.63) is 36.1 Å². The van der Waals surface area contributed by atoms with Crippen molar-refractivity contribution in [2.75, 3.05) is 7.11 Å². The van der Waals surface area contributed by atoms with Crippen molar-refractivity contribution in [2.24, 2.45) is 23.2 Å². The van der Waals surface area contributed by atoms with Crippen LogP contribution in [0.3, 0.4) is 0 Å². The van der Waals surface area contributed by atoms with E-state index in [2.05, 4.69) is 17.4 Å². The van der Waals surface area contributed by atoms with Gasteiger partial charge in [-0.3, -0.25) is 4.79 Å². The molecule has 1 aromatic heterocycles. The van der Waals surface area contributed by atoms with Crippen molar-refractivity contribution in [1.29, 1.82) is 0 Å². The third kappa shape index (κ3) is 3.34. The summed E-state index contributed by atoms with van der Waals surface area (Å²) in [6.07, 6.45) is 9.06. The molecule has 0 spiro atoms. The van der Waals surface area contributed by atoms with Crippen LogP contribution >= 0.6 is 0 Å². The summed E-state index contributed by atoms with van der Waals surface area (Å²) in [6.45, 7) is 2.20. The molecule has 4 bridgehead atoms. The molecule has 154 valence electrons. The summed E-state index contributed by atoms with van der Waals surface area (Å²) in [6, 6.07) is 9.56. The Balaban J connectivity index is 1.31. The van der Waals surface area contributed by atoms with Crippen LogP contribution in [0.25, 0.3) is 11.3 Å². The Labute approximate surface area is 172 Å². The molecule has 2 aromatic rings. The number of ether oxygens (including phenoxy) is 1. The molecule has 29 heavy (non-hydrogen) atoms. The van der Waals surface area contributed by atoms with Crippen molar-refractivity contribution in [1.82, 2.24) is 10.5 Å². The van der Waals surface area contributed by atoms with Gasteiger partial charge in [0, 0.05) is 17.7 Å². The molecule has 1 atom stereocenters. The van der Waals surface area contributed by atoms with Crippen LogP contribution in [0.1, 0.15) is 62.4 Å². The maximum absolute atomic E-state index is 13.0. The maximum Gasteiger partial charge on any atom is 0.290 e. The lowest BCUT2D eigenvalue weighted by atomic mass is 9.47. The smallest absolute Gasteiger partial charge is 0.290 e. The first-order valence-corrected chi connectivity index (χ1v) is 11.0. The minimum Gasteiger partial charge on any atom is -0.497 e. The van der Waals surface area contributed by atoms with Gasteiger partial charge in [0.15, 0.2) is 0 Å². The number of rotatable bonds is 6. The summed E-state index contributed by atoms with van der Waals surface area (Å²) in [5.41, 5.74) is 1.86. The second-order valence-electron chi connectivity index (χ2n) is 9.52. The first-order chi connectivity index (χ1) is 14.1. The zero-order chi connectivity index (χ0) is 20.0. The highest BCUT2D eigenvalue weighted by molar-refractivity contribution is 5.92. The molecular formula is C24H30N2O3. The van der Waals surface area contributed by atoms with Crippen molar-refractivity contribution < 1.29 is 14.1 Å². The van der Waals surface area contributed by atoms with Gasteiger partial charge in [0.2, 0.25) is 5.76 Å². The van der Waals surface area contributed by atoms with Crippen molar-refractivity contribution in [3.63, 3.8) is 0 Å². The lowest BCUT2D eigenvalue weighted by Gasteiger charge is -2.59. The number of carbonyl (C=O) groups excluding carboxylic acids is 1. The fraction of sp³-hybridized carbons (Fsp3) is 0.583. The molecule has 0 aliphatic heterocycles. The molecule has 1 unspecified atom stereocenters. The number of hydrogen-bond donors (Lipinski definition) is 1. The van der Waals surface area contributed by atoms with Gasteiger partial charge in [0.05, 0.1) is 7.11 Å². The zero-order valence-corrected chi connectivity index (χ0v) is 17.3. The minimum atomic E-state index is -0.139. The van der Waals surface area contributed by atoms with Gasteiger partial charge in [0.1, 0.15) is 11.4 Å². The quantitative estimate of drug-likeness (QED) is 0.742. The van der Waals surface area contributed by atoms with E-state index in [9.17, 15) is 4.79 Å². The van der Waals surface area contributed by atoms with E-state index in [1.165, 1.54) is 38.5 Å². The topological polar surface area (TPSA) is 64.4 Å². The number of nitrogens with one attached hydrogen (secondary N) is 1. The van der Waals surface area contributed by atoms with Gasteiger partial charge in [-0.25, -0.2) is 0 Å². The van der Waals surface area contributed by atoms with Crippen LogP contribution in [0.2, 0.25) is 0 Å². The summed E-state index contributed by atoms with van der Waals surface area (Å²) in [7, 11) is 1.64. The summed E-state index contributed by atoms with van der Waals surface area (Å²) >= 11 is 0. The number of methoxy groups -OCH3 is 1. The Morgan fingerprint density at radius 1 is 1.17 bits per heavy atom. The average Bonchev–Trinajstić information content (AvgIpc) is 3.21. The fourth-order valence-electron chi connectivity index (χ4n) is 6.80. The molecule has 0 saturated heterocycles. The van der Waals surface area contributed by atoms with Crippen LogP contribution in [0.5, 0.6) is 5.75 Å². The molecule has 6 rings (SSSR count). The monoisotopic (exact) mass is 394 g/mol. The maximum atomic E-state index is 13.0. The van der Waals surface area contributed by atoms with Gasteiger partial charge in [0.25, 0.3) is 5.91 Å². The second kappa shape index (κ2) is 7.19. The van der Waals surface area contributed by atoms with E-state index in [1.54, 1.807) is 13.2 Å². The van der Waals surface area contributed by atoms with E-state index < -0.39 is 0 Å². The Kier molecular flexibility index (Phi) is 4.64. The summed E-state index contributed by atoms with van der Waals surface area (Å²) in [5, 5.41) is 7.44. The van der Waals surface area contributed by atoms with Gasteiger partial charge in [-0.1, -0.05) is 12.1 Å². The molecule has 1 amide bonds. The molecule has 5 heteroatoms. The van der Waals surface area contributed by atoms with Crippen molar-refractivity contribution >= 4 is 5.91 Å². The highest BCUT2D eigenvalue weighted by Crippen LogP contribution is 2.61. The zero-order valence-electron chi connectivity index (χ0n) is 17.3. The van der Waals surface area contributed by atoms with Crippen LogP contribution in [0.4, 0.5) is 0 Å². The first-order valence-electron chi connectivity index (χ1n) is 11.0. The lowest BCUT2D eigenvalue weighted by Crippen LogP contribution is -2.56. The largest absolute Gasteiger partial charge is 0.497 e. The number of nitrogens with zero attached hydrogens (tertiary/aromatic N) is 1. The van der Waals surface area contributed by atoms with Crippen LogP contribution < -0.4 is 10.1 Å².